The first-order valence-corrected chi connectivity index (χ1v) is 19.3. The summed E-state index contributed by atoms with van der Waals surface area (Å²) in [6.07, 6.45) is -2.60. The number of hydrogen-bond donors (Lipinski definition) is 1. The number of carbonyl (C=O) groups excluding carboxylic acids is 2. The molecule has 0 radical (unpaired) electrons. The van der Waals surface area contributed by atoms with E-state index in [0.29, 0.717) is 24.8 Å². The molecule has 1 aliphatic heterocycles. The fourth-order valence-corrected chi connectivity index (χ4v) is 11.1. The molecule has 6 atom stereocenters. The molecule has 1 fully saturated rings. The van der Waals surface area contributed by atoms with Crippen LogP contribution in [0.1, 0.15) is 91.4 Å². The minimum atomic E-state index is -2.95. The van der Waals surface area contributed by atoms with Gasteiger partial charge in [0.05, 0.1) is 36.4 Å². The van der Waals surface area contributed by atoms with Gasteiger partial charge < -0.3 is 28.5 Å². The molecule has 0 aliphatic carbocycles. The Bertz CT molecular complexity index is 1430. The quantitative estimate of drug-likeness (QED) is 0.159. The summed E-state index contributed by atoms with van der Waals surface area (Å²) in [6.45, 7) is 15.9. The lowest BCUT2D eigenvalue weighted by Crippen LogP contribution is -2.69. The van der Waals surface area contributed by atoms with E-state index in [1.54, 1.807) is 45.0 Å². The van der Waals surface area contributed by atoms with E-state index in [1.807, 2.05) is 32.0 Å². The molecule has 0 amide bonds. The normalized spacial score (nSPS) is 21.4. The zero-order valence-electron chi connectivity index (χ0n) is 30.3. The van der Waals surface area contributed by atoms with E-state index in [2.05, 4.69) is 69.3 Å². The van der Waals surface area contributed by atoms with E-state index in [9.17, 15) is 14.7 Å². The summed E-state index contributed by atoms with van der Waals surface area (Å²) in [7, 11) is -2.95. The first-order chi connectivity index (χ1) is 23.1. The molecule has 5 unspecified atom stereocenters. The van der Waals surface area contributed by atoms with Crippen molar-refractivity contribution in [1.29, 1.82) is 0 Å². The van der Waals surface area contributed by atoms with Crippen LogP contribution < -0.4 is 10.4 Å². The highest BCUT2D eigenvalue weighted by molar-refractivity contribution is 6.99. The summed E-state index contributed by atoms with van der Waals surface area (Å²) in [5.41, 5.74) is -0.185. The number of esters is 2. The molecule has 0 aromatic heterocycles. The number of rotatable bonds is 13. The Balaban J connectivity index is 1.57. The molecule has 266 valence electrons. The van der Waals surface area contributed by atoms with Crippen molar-refractivity contribution in [1.82, 2.24) is 0 Å². The van der Waals surface area contributed by atoms with E-state index >= 15 is 0 Å². The van der Waals surface area contributed by atoms with Crippen molar-refractivity contribution in [2.75, 3.05) is 0 Å². The average molecular weight is 691 g/mol. The van der Waals surface area contributed by atoms with Crippen molar-refractivity contribution in [2.45, 2.75) is 129 Å². The lowest BCUT2D eigenvalue weighted by Gasteiger charge is -2.48. The fraction of sp³-hybridized carbons (Fsp3) is 0.500. The number of hydrogen-bond acceptors (Lipinski definition) is 8. The molecule has 0 saturated carbocycles. The van der Waals surface area contributed by atoms with Gasteiger partial charge in [-0.05, 0) is 75.0 Å². The first kappa shape index (κ1) is 38.5. The van der Waals surface area contributed by atoms with Gasteiger partial charge in [0.1, 0.15) is 5.60 Å². The third-order valence-corrected chi connectivity index (χ3v) is 13.8. The minimum Gasteiger partial charge on any atom is -0.460 e. The van der Waals surface area contributed by atoms with Gasteiger partial charge in [-0.1, -0.05) is 99.6 Å². The second-order valence-corrected chi connectivity index (χ2v) is 19.3. The van der Waals surface area contributed by atoms with Gasteiger partial charge in [-0.25, -0.2) is 4.79 Å². The van der Waals surface area contributed by atoms with Crippen molar-refractivity contribution in [3.05, 3.63) is 96.6 Å². The van der Waals surface area contributed by atoms with Gasteiger partial charge in [0, 0.05) is 6.42 Å². The molecule has 8 nitrogen and oxygen atoms in total. The number of ether oxygens (including phenoxy) is 4. The Morgan fingerprint density at radius 3 is 1.88 bits per heavy atom. The monoisotopic (exact) mass is 690 g/mol. The summed E-state index contributed by atoms with van der Waals surface area (Å²) in [6, 6.07) is 29.7. The zero-order valence-corrected chi connectivity index (χ0v) is 31.3. The predicted molar refractivity (Wildman–Crippen MR) is 193 cm³/mol. The Morgan fingerprint density at radius 2 is 1.37 bits per heavy atom. The lowest BCUT2D eigenvalue weighted by atomic mass is 10.0. The molecule has 1 heterocycles. The van der Waals surface area contributed by atoms with Crippen LogP contribution in [0.15, 0.2) is 91.0 Å². The Morgan fingerprint density at radius 1 is 0.837 bits per heavy atom. The third kappa shape index (κ3) is 10.3. The van der Waals surface area contributed by atoms with Crippen LogP contribution in [0.5, 0.6) is 0 Å². The fourth-order valence-electron chi connectivity index (χ4n) is 6.39. The smallest absolute Gasteiger partial charge is 0.338 e. The molecule has 4 rings (SSSR count). The largest absolute Gasteiger partial charge is 0.460 e. The van der Waals surface area contributed by atoms with Crippen molar-refractivity contribution in [2.24, 2.45) is 0 Å². The van der Waals surface area contributed by atoms with Crippen molar-refractivity contribution >= 4 is 30.6 Å². The highest BCUT2D eigenvalue weighted by Crippen LogP contribution is 2.40. The van der Waals surface area contributed by atoms with Crippen molar-refractivity contribution in [3.8, 4) is 0 Å². The van der Waals surface area contributed by atoms with Crippen LogP contribution in [0.3, 0.4) is 0 Å². The molecule has 3 aromatic rings. The molecule has 1 saturated heterocycles. The first-order valence-electron chi connectivity index (χ1n) is 17.3. The van der Waals surface area contributed by atoms with Crippen molar-refractivity contribution < 1.29 is 38.1 Å². The SMILES string of the molecule is CC1OC(O[C@H](C)CCC(O)CC(=O)OC(C)(C)C)C(OC(=O)c2ccccc2)CC1O[Si](c1ccccc1)(c1ccccc1)C(C)(C)C. The highest BCUT2D eigenvalue weighted by atomic mass is 28.4. The van der Waals surface area contributed by atoms with E-state index in [1.165, 1.54) is 0 Å². The molecule has 1 N–H and O–H groups in total. The van der Waals surface area contributed by atoms with Gasteiger partial charge in [-0.3, -0.25) is 4.79 Å². The van der Waals surface area contributed by atoms with Crippen LogP contribution in [0.2, 0.25) is 5.04 Å². The Hall–Kier alpha value is -3.34. The Labute approximate surface area is 293 Å². The van der Waals surface area contributed by atoms with E-state index in [4.69, 9.17) is 23.4 Å². The lowest BCUT2D eigenvalue weighted by molar-refractivity contribution is -0.271. The minimum absolute atomic E-state index is 0.0977. The average Bonchev–Trinajstić information content (AvgIpc) is 3.04. The summed E-state index contributed by atoms with van der Waals surface area (Å²) < 4.78 is 31.9. The van der Waals surface area contributed by atoms with Crippen LogP contribution in [0.25, 0.3) is 0 Å². The number of carbonyl (C=O) groups is 2. The number of aliphatic hydroxyl groups is 1. The maximum Gasteiger partial charge on any atom is 0.338 e. The number of aliphatic hydroxyl groups excluding tert-OH is 1. The summed E-state index contributed by atoms with van der Waals surface area (Å²) in [5.74, 6) is -0.917. The molecular weight excluding hydrogens is 637 g/mol. The second kappa shape index (κ2) is 16.6. The maximum absolute atomic E-state index is 13.4. The van der Waals surface area contributed by atoms with Gasteiger partial charge in [0.2, 0.25) is 0 Å². The zero-order chi connectivity index (χ0) is 35.8. The van der Waals surface area contributed by atoms with Gasteiger partial charge >= 0.3 is 11.9 Å². The molecular formula is C40H54O8Si. The molecule has 1 aliphatic rings. The van der Waals surface area contributed by atoms with E-state index in [-0.39, 0.29) is 23.7 Å². The molecule has 49 heavy (non-hydrogen) atoms. The van der Waals surface area contributed by atoms with Crippen LogP contribution in [0, 0.1) is 0 Å². The van der Waals surface area contributed by atoms with Crippen LogP contribution in [-0.4, -0.2) is 67.8 Å². The molecule has 3 aromatic carbocycles. The summed E-state index contributed by atoms with van der Waals surface area (Å²) >= 11 is 0. The van der Waals surface area contributed by atoms with Crippen LogP contribution in [-0.2, 0) is 28.2 Å². The maximum atomic E-state index is 13.4. The molecule has 9 heteroatoms. The van der Waals surface area contributed by atoms with E-state index < -0.39 is 50.5 Å². The third-order valence-electron chi connectivity index (χ3n) is 8.75. The van der Waals surface area contributed by atoms with Crippen LogP contribution >= 0.6 is 0 Å². The summed E-state index contributed by atoms with van der Waals surface area (Å²) in [5, 5.41) is 12.6. The van der Waals surface area contributed by atoms with Crippen molar-refractivity contribution in [3.63, 3.8) is 0 Å². The molecule has 0 bridgehead atoms. The number of benzene rings is 3. The highest BCUT2D eigenvalue weighted by Gasteiger charge is 2.53. The van der Waals surface area contributed by atoms with E-state index in [0.717, 1.165) is 10.4 Å². The van der Waals surface area contributed by atoms with Gasteiger partial charge in [-0.15, -0.1) is 0 Å². The Kier molecular flexibility index (Phi) is 13.0. The summed E-state index contributed by atoms with van der Waals surface area (Å²) in [4.78, 5) is 25.6. The molecule has 0 spiro atoms. The van der Waals surface area contributed by atoms with Crippen LogP contribution in [0.4, 0.5) is 0 Å². The van der Waals surface area contributed by atoms with Gasteiger partial charge in [-0.2, -0.15) is 0 Å². The topological polar surface area (TPSA) is 101 Å². The second-order valence-electron chi connectivity index (χ2n) is 15.0. The van der Waals surface area contributed by atoms with Gasteiger partial charge in [0.15, 0.2) is 12.4 Å². The van der Waals surface area contributed by atoms with Gasteiger partial charge in [0.25, 0.3) is 8.32 Å². The standard InChI is InChI=1S/C40H54O8Si/c1-28(24-25-31(41)26-36(42)47-39(3,4)5)44-38-35(46-37(43)30-18-12-9-13-19-30)27-34(29(2)45-38)48-49(40(6,7)8,32-20-14-10-15-21-32)33-22-16-11-17-23-33/h9-23,28-29,31,34-35,38,41H,24-27H2,1-8H3/t28-,29?,31?,34?,35?,38?/m1/s1. The predicted octanol–water partition coefficient (Wildman–Crippen LogP) is 6.57.